The number of nitrogens with zero attached hydrogens (tertiary/aromatic N) is 3. The molecule has 1 aromatic rings. The lowest BCUT2D eigenvalue weighted by Crippen LogP contribution is -2.49. The van der Waals surface area contributed by atoms with E-state index in [0.717, 1.165) is 0 Å². The van der Waals surface area contributed by atoms with Crippen LogP contribution in [0.4, 0.5) is 0 Å². The van der Waals surface area contributed by atoms with Crippen LogP contribution in [0.1, 0.15) is 23.7 Å². The molecule has 1 aliphatic heterocycles. The summed E-state index contributed by atoms with van der Waals surface area (Å²) in [6, 6.07) is 5.69. The van der Waals surface area contributed by atoms with Gasteiger partial charge in [0.25, 0.3) is 5.91 Å². The van der Waals surface area contributed by atoms with Gasteiger partial charge in [0.05, 0.1) is 11.3 Å². The quantitative estimate of drug-likeness (QED) is 0.727. The molecule has 0 atom stereocenters. The van der Waals surface area contributed by atoms with E-state index in [0.29, 0.717) is 13.1 Å². The fourth-order valence-corrected chi connectivity index (χ4v) is 4.24. The van der Waals surface area contributed by atoms with Crippen LogP contribution in [-0.4, -0.2) is 85.2 Å². The Labute approximate surface area is 158 Å². The first-order chi connectivity index (χ1) is 12.6. The predicted molar refractivity (Wildman–Crippen MR) is 96.7 cm³/mol. The number of carbonyl (C=O) groups is 3. The molecule has 0 aromatic heterocycles. The Kier molecular flexibility index (Phi) is 6.55. The number of aliphatic carboxylic acids is 1. The fourth-order valence-electron chi connectivity index (χ4n) is 2.77. The third-order valence-corrected chi connectivity index (χ3v) is 6.31. The molecule has 1 aromatic carbocycles. The van der Waals surface area contributed by atoms with Gasteiger partial charge in [0.15, 0.2) is 0 Å². The number of rotatable bonds is 6. The van der Waals surface area contributed by atoms with Gasteiger partial charge in [-0.2, -0.15) is 4.31 Å². The average molecular weight is 397 g/mol. The Bertz CT molecular complexity index is 831. The molecule has 0 spiro atoms. The van der Waals surface area contributed by atoms with E-state index in [1.165, 1.54) is 47.4 Å². The van der Waals surface area contributed by atoms with Crippen LogP contribution in [0.15, 0.2) is 29.2 Å². The molecular weight excluding hydrogens is 374 g/mol. The van der Waals surface area contributed by atoms with Gasteiger partial charge >= 0.3 is 5.97 Å². The minimum absolute atomic E-state index is 0.00346. The predicted octanol–water partition coefficient (Wildman–Crippen LogP) is 0.0861. The number of carboxylic acid groups (broad SMARTS) is 1. The number of benzene rings is 1. The number of amides is 2. The summed E-state index contributed by atoms with van der Waals surface area (Å²) in [5.41, 5.74) is 0.173. The van der Waals surface area contributed by atoms with E-state index in [4.69, 9.17) is 5.11 Å². The second-order valence-electron chi connectivity index (χ2n) is 6.31. The Morgan fingerprint density at radius 2 is 1.78 bits per heavy atom. The van der Waals surface area contributed by atoms with Crippen molar-refractivity contribution < 1.29 is 27.9 Å². The van der Waals surface area contributed by atoms with Crippen molar-refractivity contribution in [3.8, 4) is 0 Å². The molecule has 0 bridgehead atoms. The second kappa shape index (κ2) is 8.49. The van der Waals surface area contributed by atoms with Crippen molar-refractivity contribution in [2.45, 2.75) is 18.2 Å². The molecule has 9 nitrogen and oxygen atoms in total. The molecule has 1 N–H and O–H groups in total. The minimum Gasteiger partial charge on any atom is -0.481 e. The lowest BCUT2D eigenvalue weighted by Gasteiger charge is -2.33. The Morgan fingerprint density at radius 1 is 1.15 bits per heavy atom. The molecule has 148 valence electrons. The topological polar surface area (TPSA) is 115 Å². The van der Waals surface area contributed by atoms with Crippen LogP contribution in [-0.2, 0) is 19.6 Å². The molecule has 27 heavy (non-hydrogen) atoms. The maximum atomic E-state index is 12.8. The summed E-state index contributed by atoms with van der Waals surface area (Å²) in [4.78, 5) is 37.3. The second-order valence-corrected chi connectivity index (χ2v) is 8.25. The summed E-state index contributed by atoms with van der Waals surface area (Å²) in [5, 5.41) is 8.72. The van der Waals surface area contributed by atoms with Gasteiger partial charge in [-0.1, -0.05) is 6.07 Å². The van der Waals surface area contributed by atoms with Gasteiger partial charge < -0.3 is 14.9 Å². The average Bonchev–Trinajstić information content (AvgIpc) is 2.65. The normalized spacial score (nSPS) is 15.4. The molecular formula is C17H23N3O6S. The SMILES string of the molecule is CC(=O)N1CCN(S(=O)(=O)c2cccc(C(=O)N(C)CCC(=O)O)c2)CC1. The largest absolute Gasteiger partial charge is 0.481 e. The first-order valence-corrected chi connectivity index (χ1v) is 9.90. The Morgan fingerprint density at radius 3 is 2.33 bits per heavy atom. The molecule has 1 aliphatic rings. The summed E-state index contributed by atoms with van der Waals surface area (Å²) in [5.74, 6) is -1.56. The molecule has 0 radical (unpaired) electrons. The van der Waals surface area contributed by atoms with Crippen molar-refractivity contribution in [3.63, 3.8) is 0 Å². The summed E-state index contributed by atoms with van der Waals surface area (Å²) in [6.07, 6.45) is -0.194. The molecule has 10 heteroatoms. The molecule has 2 amide bonds. The third-order valence-electron chi connectivity index (χ3n) is 4.41. The summed E-state index contributed by atoms with van der Waals surface area (Å²) in [6.45, 7) is 2.51. The van der Waals surface area contributed by atoms with E-state index in [2.05, 4.69) is 0 Å². The number of piperazine rings is 1. The summed E-state index contributed by atoms with van der Waals surface area (Å²) in [7, 11) is -2.32. The molecule has 1 fully saturated rings. The Balaban J connectivity index is 2.15. The first kappa shape index (κ1) is 20.8. The van der Waals surface area contributed by atoms with Crippen molar-refractivity contribution >= 4 is 27.8 Å². The van der Waals surface area contributed by atoms with Crippen LogP contribution < -0.4 is 0 Å². The highest BCUT2D eigenvalue weighted by Crippen LogP contribution is 2.19. The lowest BCUT2D eigenvalue weighted by molar-refractivity contribution is -0.137. The van der Waals surface area contributed by atoms with Crippen LogP contribution in [0.2, 0.25) is 0 Å². The molecule has 0 unspecified atom stereocenters. The molecule has 0 saturated carbocycles. The monoisotopic (exact) mass is 397 g/mol. The number of hydrogen-bond acceptors (Lipinski definition) is 5. The van der Waals surface area contributed by atoms with Gasteiger partial charge in [-0.3, -0.25) is 14.4 Å². The van der Waals surface area contributed by atoms with Crippen LogP contribution in [0.3, 0.4) is 0 Å². The van der Waals surface area contributed by atoms with Gasteiger partial charge in [-0.25, -0.2) is 8.42 Å². The third kappa shape index (κ3) is 5.04. The van der Waals surface area contributed by atoms with E-state index in [9.17, 15) is 22.8 Å². The summed E-state index contributed by atoms with van der Waals surface area (Å²) < 4.78 is 27.0. The molecule has 0 aliphatic carbocycles. The van der Waals surface area contributed by atoms with Gasteiger partial charge in [0.2, 0.25) is 15.9 Å². The highest BCUT2D eigenvalue weighted by molar-refractivity contribution is 7.89. The van der Waals surface area contributed by atoms with Crippen LogP contribution in [0.25, 0.3) is 0 Å². The number of carbonyl (C=O) groups excluding carboxylic acids is 2. The minimum atomic E-state index is -3.79. The summed E-state index contributed by atoms with van der Waals surface area (Å²) >= 11 is 0. The smallest absolute Gasteiger partial charge is 0.305 e. The van der Waals surface area contributed by atoms with Crippen molar-refractivity contribution in [2.24, 2.45) is 0 Å². The lowest BCUT2D eigenvalue weighted by atomic mass is 10.2. The first-order valence-electron chi connectivity index (χ1n) is 8.46. The molecule has 1 saturated heterocycles. The van der Waals surface area contributed by atoms with E-state index in [-0.39, 0.29) is 42.4 Å². The van der Waals surface area contributed by atoms with Gasteiger partial charge in [0, 0.05) is 52.3 Å². The Hall–Kier alpha value is -2.46. The van der Waals surface area contributed by atoms with Gasteiger partial charge in [0.1, 0.15) is 0 Å². The van der Waals surface area contributed by atoms with Crippen molar-refractivity contribution in [1.82, 2.24) is 14.1 Å². The fraction of sp³-hybridized carbons (Fsp3) is 0.471. The van der Waals surface area contributed by atoms with Crippen LogP contribution >= 0.6 is 0 Å². The maximum absolute atomic E-state index is 12.8. The zero-order valence-electron chi connectivity index (χ0n) is 15.3. The van der Waals surface area contributed by atoms with Crippen molar-refractivity contribution in [2.75, 3.05) is 39.8 Å². The van der Waals surface area contributed by atoms with Crippen molar-refractivity contribution in [3.05, 3.63) is 29.8 Å². The standard InChI is InChI=1S/C17H23N3O6S/c1-13(21)19-8-10-20(11-9-19)27(25,26)15-5-3-4-14(12-15)17(24)18(2)7-6-16(22)23/h3-5,12H,6-11H2,1-2H3,(H,22,23). The van der Waals surface area contributed by atoms with E-state index in [1.54, 1.807) is 4.90 Å². The number of carboxylic acids is 1. The highest BCUT2D eigenvalue weighted by atomic mass is 32.2. The van der Waals surface area contributed by atoms with Crippen LogP contribution in [0, 0.1) is 0 Å². The van der Waals surface area contributed by atoms with E-state index in [1.807, 2.05) is 0 Å². The number of hydrogen-bond donors (Lipinski definition) is 1. The van der Waals surface area contributed by atoms with E-state index >= 15 is 0 Å². The maximum Gasteiger partial charge on any atom is 0.305 e. The highest BCUT2D eigenvalue weighted by Gasteiger charge is 2.29. The van der Waals surface area contributed by atoms with Crippen molar-refractivity contribution in [1.29, 1.82) is 0 Å². The van der Waals surface area contributed by atoms with Gasteiger partial charge in [-0.05, 0) is 18.2 Å². The van der Waals surface area contributed by atoms with Gasteiger partial charge in [-0.15, -0.1) is 0 Å². The molecule has 1 heterocycles. The molecule has 2 rings (SSSR count). The van der Waals surface area contributed by atoms with E-state index < -0.39 is 21.9 Å². The van der Waals surface area contributed by atoms with Crippen LogP contribution in [0.5, 0.6) is 0 Å². The zero-order chi connectivity index (χ0) is 20.2. The zero-order valence-corrected chi connectivity index (χ0v) is 16.1. The number of sulfonamides is 1.